The molecule has 0 radical (unpaired) electrons. The minimum atomic E-state index is -0.872. The van der Waals surface area contributed by atoms with Gasteiger partial charge in [0.1, 0.15) is 0 Å². The van der Waals surface area contributed by atoms with Gasteiger partial charge in [-0.1, -0.05) is 20.3 Å². The molecule has 0 amide bonds. The van der Waals surface area contributed by atoms with Gasteiger partial charge in [-0.05, 0) is 46.0 Å². The van der Waals surface area contributed by atoms with Gasteiger partial charge in [-0.25, -0.2) is 0 Å². The number of hydrogen-bond donors (Lipinski definition) is 1. The molecule has 0 aliphatic heterocycles. The Balaban J connectivity index is 4.45. The van der Waals surface area contributed by atoms with Crippen molar-refractivity contribution in [1.82, 2.24) is 0 Å². The van der Waals surface area contributed by atoms with Gasteiger partial charge in [0.05, 0.1) is 24.2 Å². The van der Waals surface area contributed by atoms with Gasteiger partial charge in [-0.15, -0.1) is 0 Å². The normalized spacial score (nSPS) is 16.6. The maximum Gasteiger partial charge on any atom is 0.314 e. The molecule has 0 aliphatic rings. The Labute approximate surface area is 123 Å². The first-order chi connectivity index (χ1) is 9.31. The Kier molecular flexibility index (Phi) is 9.06. The van der Waals surface area contributed by atoms with Crippen LogP contribution in [0.1, 0.15) is 60.3 Å². The topological polar surface area (TPSA) is 55.8 Å². The van der Waals surface area contributed by atoms with Crippen LogP contribution in [-0.2, 0) is 14.3 Å². The first kappa shape index (κ1) is 19.4. The first-order valence-corrected chi connectivity index (χ1v) is 7.69. The summed E-state index contributed by atoms with van der Waals surface area (Å²) in [4.78, 5) is 11.9. The Morgan fingerprint density at radius 2 is 1.80 bits per heavy atom. The summed E-state index contributed by atoms with van der Waals surface area (Å²) in [5.41, 5.74) is -0.872. The monoisotopic (exact) mass is 288 g/mol. The molecule has 0 unspecified atom stereocenters. The zero-order valence-corrected chi connectivity index (χ0v) is 13.9. The third kappa shape index (κ3) is 5.80. The Bertz CT molecular complexity index is 276. The van der Waals surface area contributed by atoms with Gasteiger partial charge < -0.3 is 14.6 Å². The molecule has 0 fully saturated rings. The van der Waals surface area contributed by atoms with Gasteiger partial charge >= 0.3 is 5.97 Å². The van der Waals surface area contributed by atoms with E-state index in [2.05, 4.69) is 6.92 Å². The van der Waals surface area contributed by atoms with Crippen LogP contribution in [0, 0.1) is 11.3 Å². The van der Waals surface area contributed by atoms with Crippen LogP contribution >= 0.6 is 0 Å². The van der Waals surface area contributed by atoms with E-state index in [4.69, 9.17) is 9.47 Å². The van der Waals surface area contributed by atoms with Crippen LogP contribution in [-0.4, -0.2) is 37.0 Å². The summed E-state index contributed by atoms with van der Waals surface area (Å²) in [6, 6.07) is 0. The Morgan fingerprint density at radius 3 is 2.25 bits per heavy atom. The fourth-order valence-electron chi connectivity index (χ4n) is 2.46. The lowest BCUT2D eigenvalue weighted by Gasteiger charge is -2.32. The molecule has 0 spiro atoms. The number of carbonyl (C=O) groups excluding carboxylic acids is 1. The van der Waals surface area contributed by atoms with Gasteiger partial charge in [0.25, 0.3) is 0 Å². The van der Waals surface area contributed by atoms with Gasteiger partial charge in [0.2, 0.25) is 0 Å². The zero-order valence-electron chi connectivity index (χ0n) is 13.9. The van der Waals surface area contributed by atoms with Crippen molar-refractivity contribution in [3.63, 3.8) is 0 Å². The van der Waals surface area contributed by atoms with Crippen LogP contribution in [0.2, 0.25) is 0 Å². The highest BCUT2D eigenvalue weighted by Gasteiger charge is 2.39. The van der Waals surface area contributed by atoms with E-state index >= 15 is 0 Å². The molecular weight excluding hydrogens is 256 g/mol. The van der Waals surface area contributed by atoms with Crippen LogP contribution in [0.4, 0.5) is 0 Å². The van der Waals surface area contributed by atoms with Gasteiger partial charge in [0.15, 0.2) is 0 Å². The van der Waals surface area contributed by atoms with Crippen molar-refractivity contribution in [1.29, 1.82) is 0 Å². The van der Waals surface area contributed by atoms with Crippen LogP contribution in [0.3, 0.4) is 0 Å². The Morgan fingerprint density at radius 1 is 1.20 bits per heavy atom. The fourth-order valence-corrected chi connectivity index (χ4v) is 2.46. The molecule has 0 heterocycles. The van der Waals surface area contributed by atoms with E-state index in [-0.39, 0.29) is 18.0 Å². The molecule has 20 heavy (non-hydrogen) atoms. The molecule has 0 aromatic heterocycles. The van der Waals surface area contributed by atoms with Crippen LogP contribution in [0.15, 0.2) is 0 Å². The molecule has 0 rings (SSSR count). The van der Waals surface area contributed by atoms with E-state index in [0.29, 0.717) is 6.61 Å². The van der Waals surface area contributed by atoms with E-state index in [1.54, 1.807) is 27.9 Å². The molecule has 3 atom stereocenters. The van der Waals surface area contributed by atoms with E-state index in [1.807, 2.05) is 6.92 Å². The largest absolute Gasteiger partial charge is 0.466 e. The highest BCUT2D eigenvalue weighted by Crippen LogP contribution is 2.30. The molecule has 120 valence electrons. The summed E-state index contributed by atoms with van der Waals surface area (Å²) in [5, 5.41) is 10.4. The minimum absolute atomic E-state index is 0.0314. The summed E-state index contributed by atoms with van der Waals surface area (Å²) in [6.07, 6.45) is 3.38. The van der Waals surface area contributed by atoms with Crippen molar-refractivity contribution in [3.8, 4) is 0 Å². The van der Waals surface area contributed by atoms with Crippen molar-refractivity contribution in [3.05, 3.63) is 0 Å². The number of methoxy groups -OCH3 is 1. The van der Waals surface area contributed by atoms with Crippen LogP contribution < -0.4 is 0 Å². The number of ether oxygens (including phenoxy) is 2. The number of carbonyl (C=O) groups is 1. The summed E-state index contributed by atoms with van der Waals surface area (Å²) in [5.74, 6) is -0.305. The predicted molar refractivity (Wildman–Crippen MR) is 80.5 cm³/mol. The number of rotatable bonds is 10. The molecule has 0 bridgehead atoms. The van der Waals surface area contributed by atoms with E-state index in [1.165, 1.54) is 0 Å². The third-order valence-electron chi connectivity index (χ3n) is 3.97. The molecule has 0 saturated carbocycles. The van der Waals surface area contributed by atoms with Crippen molar-refractivity contribution in [2.24, 2.45) is 11.3 Å². The van der Waals surface area contributed by atoms with Crippen LogP contribution in [0.25, 0.3) is 0 Å². The van der Waals surface area contributed by atoms with E-state index in [9.17, 15) is 9.90 Å². The summed E-state index contributed by atoms with van der Waals surface area (Å²) in [6.45, 7) is 9.71. The van der Waals surface area contributed by atoms with Crippen LogP contribution in [0.5, 0.6) is 0 Å². The third-order valence-corrected chi connectivity index (χ3v) is 3.97. The number of aliphatic hydroxyl groups excluding tert-OH is 1. The standard InChI is InChI=1S/C16H32O4/c1-7-9-13(19-6)11-10-12(3)14(17)16(4,5)15(18)20-8-2/h12-14,17H,7-11H2,1-6H3/t12-,13-,14-/m1/s1. The molecule has 0 aromatic rings. The molecule has 0 aromatic carbocycles. The summed E-state index contributed by atoms with van der Waals surface area (Å²) >= 11 is 0. The van der Waals surface area contributed by atoms with Crippen molar-refractivity contribution < 1.29 is 19.4 Å². The minimum Gasteiger partial charge on any atom is -0.466 e. The molecule has 4 nitrogen and oxygen atoms in total. The average molecular weight is 288 g/mol. The predicted octanol–water partition coefficient (Wildman–Crippen LogP) is 3.17. The van der Waals surface area contributed by atoms with Crippen molar-refractivity contribution >= 4 is 5.97 Å². The highest BCUT2D eigenvalue weighted by molar-refractivity contribution is 5.76. The Hall–Kier alpha value is -0.610. The van der Waals surface area contributed by atoms with Gasteiger partial charge in [0, 0.05) is 7.11 Å². The SMILES string of the molecule is CCC[C@H](CC[C@@H](C)[C@@H](O)C(C)(C)C(=O)OCC)OC. The lowest BCUT2D eigenvalue weighted by Crippen LogP contribution is -2.42. The summed E-state index contributed by atoms with van der Waals surface area (Å²) < 4.78 is 10.5. The molecular formula is C16H32O4. The maximum atomic E-state index is 11.9. The molecule has 0 saturated heterocycles. The number of aliphatic hydroxyl groups is 1. The second kappa shape index (κ2) is 9.35. The second-order valence-corrected chi connectivity index (χ2v) is 6.09. The fraction of sp³-hybridized carbons (Fsp3) is 0.938. The summed E-state index contributed by atoms with van der Waals surface area (Å²) in [7, 11) is 1.73. The molecule has 0 aliphatic carbocycles. The van der Waals surface area contributed by atoms with E-state index in [0.717, 1.165) is 25.7 Å². The quantitative estimate of drug-likeness (QED) is 0.627. The van der Waals surface area contributed by atoms with Gasteiger partial charge in [-0.2, -0.15) is 0 Å². The lowest BCUT2D eigenvalue weighted by atomic mass is 9.78. The smallest absolute Gasteiger partial charge is 0.314 e. The molecule has 1 N–H and O–H groups in total. The van der Waals surface area contributed by atoms with Crippen molar-refractivity contribution in [2.45, 2.75) is 72.5 Å². The first-order valence-electron chi connectivity index (χ1n) is 7.69. The highest BCUT2D eigenvalue weighted by atomic mass is 16.5. The zero-order chi connectivity index (χ0) is 15.8. The maximum absolute atomic E-state index is 11.9. The van der Waals surface area contributed by atoms with Gasteiger partial charge in [-0.3, -0.25) is 4.79 Å². The van der Waals surface area contributed by atoms with Crippen molar-refractivity contribution in [2.75, 3.05) is 13.7 Å². The lowest BCUT2D eigenvalue weighted by molar-refractivity contribution is -0.162. The van der Waals surface area contributed by atoms with E-state index < -0.39 is 11.5 Å². The average Bonchev–Trinajstić information content (AvgIpc) is 2.42. The second-order valence-electron chi connectivity index (χ2n) is 6.09. The molecule has 4 heteroatoms. The number of hydrogen-bond acceptors (Lipinski definition) is 4. The number of esters is 1.